The number of oxime groups is 1. The standard InChI is InChI=1S/C35H40N6O10S2/c1-5-39-13-18(29(45)19-10-24(42)25(43)12-23(19)39)14-41(8-6-7-9-41)15-21-17(2)53-31-20(30(46)40(31)28(21)32(47)48)11-26(44)27(22-16-52-34(36)37-22)38-51-35(3,4)33(49)50/h10,12-13,16-17,20,31H,5-9,11,14-15H2,1-4H3,(H5-,36,37,38,42,43,44,45,47,48,49,50)/p+1/t17-,20+,31+/m0/s1. The van der Waals surface area contributed by atoms with Crippen LogP contribution in [0.15, 0.2) is 44.9 Å². The van der Waals surface area contributed by atoms with Gasteiger partial charge in [0.1, 0.15) is 24.5 Å². The monoisotopic (exact) mass is 769 g/mol. The fourth-order valence-corrected chi connectivity index (χ4v) is 9.32. The molecule has 0 radical (unpaired) electrons. The van der Waals surface area contributed by atoms with Crippen LogP contribution in [-0.4, -0.2) is 105 Å². The number of nitrogens with zero attached hydrogens (tertiary/aromatic N) is 5. The first kappa shape index (κ1) is 37.8. The zero-order valence-corrected chi connectivity index (χ0v) is 31.2. The molecule has 3 aromatic rings. The van der Waals surface area contributed by atoms with Gasteiger partial charge in [-0.3, -0.25) is 19.3 Å². The van der Waals surface area contributed by atoms with Crippen LogP contribution in [0.1, 0.15) is 58.2 Å². The number of fused-ring (bicyclic) bond motifs is 2. The normalized spacial score (nSPS) is 21.4. The number of phenols is 2. The highest BCUT2D eigenvalue weighted by Crippen LogP contribution is 2.49. The molecule has 2 aromatic heterocycles. The summed E-state index contributed by atoms with van der Waals surface area (Å²) in [5.41, 5.74) is 4.89. The Morgan fingerprint density at radius 1 is 1.11 bits per heavy atom. The highest BCUT2D eigenvalue weighted by molar-refractivity contribution is 8.00. The Morgan fingerprint density at radius 2 is 1.79 bits per heavy atom. The Bertz CT molecular complexity index is 2150. The second kappa shape index (κ2) is 14.1. The molecule has 6 rings (SSSR count). The summed E-state index contributed by atoms with van der Waals surface area (Å²) in [7, 11) is 0. The third-order valence-corrected chi connectivity index (χ3v) is 12.4. The molecule has 0 unspecified atom stereocenters. The minimum atomic E-state index is -1.77. The third-order valence-electron chi connectivity index (χ3n) is 10.2. The van der Waals surface area contributed by atoms with Crippen LogP contribution in [-0.2, 0) is 37.1 Å². The first-order chi connectivity index (χ1) is 25.0. The second-order valence-corrected chi connectivity index (χ2v) is 16.5. The number of aryl methyl sites for hydroxylation is 1. The molecular weight excluding hydrogens is 729 g/mol. The number of pyridine rings is 1. The van der Waals surface area contributed by atoms with Crippen molar-refractivity contribution >= 4 is 68.5 Å². The number of carboxylic acid groups (broad SMARTS) is 2. The summed E-state index contributed by atoms with van der Waals surface area (Å²) >= 11 is 2.42. The summed E-state index contributed by atoms with van der Waals surface area (Å²) in [5, 5.41) is 45.0. The molecule has 0 aliphatic carbocycles. The van der Waals surface area contributed by atoms with E-state index >= 15 is 0 Å². The highest BCUT2D eigenvalue weighted by atomic mass is 32.2. The quantitative estimate of drug-likeness (QED) is 0.0554. The molecule has 16 nitrogen and oxygen atoms in total. The third kappa shape index (κ3) is 6.97. The van der Waals surface area contributed by atoms with Gasteiger partial charge in [0, 0.05) is 54.3 Å². The number of carboxylic acids is 2. The van der Waals surface area contributed by atoms with Crippen molar-refractivity contribution in [1.29, 1.82) is 0 Å². The van der Waals surface area contributed by atoms with Gasteiger partial charge in [0.2, 0.25) is 11.5 Å². The number of amides is 1. The number of anilines is 1. The number of likely N-dealkylation sites (tertiary alicyclic amines) is 1. The summed E-state index contributed by atoms with van der Waals surface area (Å²) < 4.78 is 2.23. The van der Waals surface area contributed by atoms with E-state index in [0.29, 0.717) is 47.3 Å². The first-order valence-corrected chi connectivity index (χ1v) is 18.9. The van der Waals surface area contributed by atoms with Crippen molar-refractivity contribution in [3.63, 3.8) is 0 Å². The molecule has 282 valence electrons. The van der Waals surface area contributed by atoms with Crippen molar-refractivity contribution < 1.29 is 48.9 Å². The van der Waals surface area contributed by atoms with Crippen molar-refractivity contribution in [1.82, 2.24) is 14.5 Å². The Labute approximate surface area is 311 Å². The Kier molecular flexibility index (Phi) is 10.1. The predicted octanol–water partition coefficient (Wildman–Crippen LogP) is 3.08. The van der Waals surface area contributed by atoms with Gasteiger partial charge in [-0.2, -0.15) is 0 Å². The average Bonchev–Trinajstić information content (AvgIpc) is 3.75. The number of nitrogen functional groups attached to an aromatic ring is 1. The van der Waals surface area contributed by atoms with Crippen LogP contribution in [0, 0.1) is 5.92 Å². The highest BCUT2D eigenvalue weighted by Gasteiger charge is 2.56. The van der Waals surface area contributed by atoms with Gasteiger partial charge in [-0.05, 0) is 33.8 Å². The molecule has 3 aliphatic heterocycles. The number of nitrogens with two attached hydrogens (primary N) is 1. The van der Waals surface area contributed by atoms with Crippen molar-refractivity contribution in [2.75, 3.05) is 25.4 Å². The lowest BCUT2D eigenvalue weighted by atomic mass is 9.88. The number of β-lactam (4-membered cyclic amide) rings is 1. The SMILES string of the molecule is CCn1cc(C[N+]2(CC3=C(C(=O)O)N4C(=O)[C@@H](CC(=O)/C(=N\OC(C)(C)C(=O)O)c5csc(N)n5)[C@H]4S[C@H]3C)CCCC2)c(=O)c2cc(O)c(O)cc21. The number of thioether (sulfide) groups is 1. The average molecular weight is 770 g/mol. The van der Waals surface area contributed by atoms with Crippen molar-refractivity contribution in [2.24, 2.45) is 11.1 Å². The molecule has 3 aliphatic rings. The molecule has 3 atom stereocenters. The molecule has 0 spiro atoms. The van der Waals surface area contributed by atoms with Crippen LogP contribution < -0.4 is 11.2 Å². The van der Waals surface area contributed by atoms with Gasteiger partial charge in [0.05, 0.1) is 40.8 Å². The number of hydrogen-bond donors (Lipinski definition) is 5. The van der Waals surface area contributed by atoms with Gasteiger partial charge in [0.25, 0.3) is 0 Å². The number of ketones is 1. The van der Waals surface area contributed by atoms with Gasteiger partial charge in [-0.1, -0.05) is 5.16 Å². The van der Waals surface area contributed by atoms with Gasteiger partial charge in [-0.25, -0.2) is 14.6 Å². The van der Waals surface area contributed by atoms with E-state index in [2.05, 4.69) is 10.1 Å². The van der Waals surface area contributed by atoms with Crippen LogP contribution in [0.25, 0.3) is 10.9 Å². The van der Waals surface area contributed by atoms with Crippen LogP contribution in [0.3, 0.4) is 0 Å². The molecule has 6 N–H and O–H groups in total. The molecule has 0 bridgehead atoms. The fraction of sp³-hybridized carbons (Fsp3) is 0.457. The van der Waals surface area contributed by atoms with Crippen molar-refractivity contribution in [3.8, 4) is 11.5 Å². The zero-order valence-electron chi connectivity index (χ0n) is 29.6. The lowest BCUT2D eigenvalue weighted by Gasteiger charge is -2.51. The van der Waals surface area contributed by atoms with Crippen molar-refractivity contribution in [3.05, 3.63) is 56.5 Å². The smallest absolute Gasteiger partial charge is 0.352 e. The van der Waals surface area contributed by atoms with Crippen molar-refractivity contribution in [2.45, 2.75) is 76.3 Å². The number of rotatable bonds is 13. The Balaban J connectivity index is 1.29. The Morgan fingerprint density at radius 3 is 2.40 bits per heavy atom. The minimum absolute atomic E-state index is 0.0621. The summed E-state index contributed by atoms with van der Waals surface area (Å²) in [6.45, 7) is 8.72. The number of Topliss-reactive ketones (excluding diaryl/α,β-unsaturated/α-hetero) is 1. The second-order valence-electron chi connectivity index (χ2n) is 14.1. The predicted molar refractivity (Wildman–Crippen MR) is 196 cm³/mol. The van der Waals surface area contributed by atoms with E-state index in [-0.39, 0.29) is 57.0 Å². The molecule has 2 fully saturated rings. The summed E-state index contributed by atoms with van der Waals surface area (Å²) in [6, 6.07) is 2.63. The number of quaternary nitrogens is 1. The number of hydrogen-bond acceptors (Lipinski definition) is 13. The number of carbonyl (C=O) groups excluding carboxylic acids is 2. The first-order valence-electron chi connectivity index (χ1n) is 17.1. The number of aliphatic carboxylic acids is 2. The van der Waals surface area contributed by atoms with E-state index < -0.39 is 46.3 Å². The lowest BCUT2D eigenvalue weighted by molar-refractivity contribution is -0.925. The molecular formula is C35H41N6O10S2+. The van der Waals surface area contributed by atoms with E-state index in [1.165, 1.54) is 48.0 Å². The van der Waals surface area contributed by atoms with E-state index in [1.807, 2.05) is 18.4 Å². The van der Waals surface area contributed by atoms with Crippen LogP contribution >= 0.6 is 23.1 Å². The topological polar surface area (TPSA) is 235 Å². The molecule has 1 aromatic carbocycles. The molecule has 0 saturated carbocycles. The maximum atomic E-state index is 13.8. The maximum Gasteiger partial charge on any atom is 0.352 e. The molecule has 1 amide bonds. The number of thiazole rings is 1. The number of aromatic nitrogens is 2. The number of phenolic OH excluding ortho intramolecular Hbond substituents is 2. The summed E-state index contributed by atoms with van der Waals surface area (Å²) in [5.74, 6) is -5.40. The number of carbonyl (C=O) groups is 4. The van der Waals surface area contributed by atoms with Crippen LogP contribution in [0.2, 0.25) is 0 Å². The van der Waals surface area contributed by atoms with Gasteiger partial charge < -0.3 is 40.0 Å². The summed E-state index contributed by atoms with van der Waals surface area (Å²) in [4.78, 5) is 76.3. The number of benzene rings is 1. The van der Waals surface area contributed by atoms with Crippen LogP contribution in [0.4, 0.5) is 5.13 Å². The molecule has 18 heteroatoms. The molecule has 53 heavy (non-hydrogen) atoms. The van der Waals surface area contributed by atoms with Gasteiger partial charge in [0.15, 0.2) is 33.6 Å². The molecule has 5 heterocycles. The van der Waals surface area contributed by atoms with E-state index in [4.69, 9.17) is 10.6 Å². The lowest BCUT2D eigenvalue weighted by Crippen LogP contribution is -2.63. The van der Waals surface area contributed by atoms with Gasteiger partial charge in [-0.15, -0.1) is 23.1 Å². The fourth-order valence-electron chi connectivity index (χ4n) is 7.27. The minimum Gasteiger partial charge on any atom is -0.504 e. The summed E-state index contributed by atoms with van der Waals surface area (Å²) in [6.07, 6.45) is 3.12. The van der Waals surface area contributed by atoms with Crippen LogP contribution in [0.5, 0.6) is 11.5 Å². The zero-order chi connectivity index (χ0) is 38.6. The van der Waals surface area contributed by atoms with Gasteiger partial charge >= 0.3 is 11.9 Å². The van der Waals surface area contributed by atoms with E-state index in [0.717, 1.165) is 24.2 Å². The number of aromatic hydroxyl groups is 2. The van der Waals surface area contributed by atoms with E-state index in [9.17, 15) is 44.4 Å². The maximum absolute atomic E-state index is 13.8. The largest absolute Gasteiger partial charge is 0.504 e. The van der Waals surface area contributed by atoms with E-state index in [1.54, 1.807) is 6.20 Å². The molecule has 2 saturated heterocycles. The Hall–Kier alpha value is -4.94.